The number of aromatic nitrogens is 4. The van der Waals surface area contributed by atoms with Crippen LogP contribution in [0, 0.1) is 12.7 Å². The summed E-state index contributed by atoms with van der Waals surface area (Å²) in [4.78, 5) is 26.3. The lowest BCUT2D eigenvalue weighted by atomic mass is 9.97. The van der Waals surface area contributed by atoms with Crippen molar-refractivity contribution in [3.05, 3.63) is 52.7 Å². The summed E-state index contributed by atoms with van der Waals surface area (Å²) < 4.78 is 21.8. The van der Waals surface area contributed by atoms with E-state index >= 15 is 0 Å². The van der Waals surface area contributed by atoms with Crippen LogP contribution in [0.4, 0.5) is 16.0 Å². The zero-order chi connectivity index (χ0) is 22.6. The maximum atomic E-state index is 14.3. The predicted molar refractivity (Wildman–Crippen MR) is 116 cm³/mol. The van der Waals surface area contributed by atoms with Crippen molar-refractivity contribution in [1.82, 2.24) is 24.6 Å². The molecule has 2 aliphatic rings. The molecule has 0 unspecified atom stereocenters. The van der Waals surface area contributed by atoms with E-state index in [1.165, 1.54) is 18.2 Å². The van der Waals surface area contributed by atoms with E-state index in [1.54, 1.807) is 22.8 Å². The Morgan fingerprint density at radius 3 is 2.91 bits per heavy atom. The Kier molecular flexibility index (Phi) is 4.81. The predicted octanol–water partition coefficient (Wildman–Crippen LogP) is 2.07. The van der Waals surface area contributed by atoms with Gasteiger partial charge >= 0.3 is 0 Å². The molecule has 2 aliphatic heterocycles. The highest BCUT2D eigenvalue weighted by atomic mass is 19.1. The van der Waals surface area contributed by atoms with Crippen molar-refractivity contribution < 1.29 is 13.9 Å². The summed E-state index contributed by atoms with van der Waals surface area (Å²) in [5, 5.41) is 4.62. The van der Waals surface area contributed by atoms with E-state index in [-0.39, 0.29) is 24.9 Å². The normalized spacial score (nSPS) is 18.4. The third-order valence-corrected chi connectivity index (χ3v) is 6.18. The molecule has 0 saturated carbocycles. The van der Waals surface area contributed by atoms with E-state index in [2.05, 4.69) is 10.1 Å². The number of nitrogen functional groups attached to an aromatic ring is 1. The van der Waals surface area contributed by atoms with Crippen LogP contribution < -0.4 is 10.6 Å². The van der Waals surface area contributed by atoms with E-state index < -0.39 is 11.9 Å². The van der Waals surface area contributed by atoms with Crippen LogP contribution in [0.3, 0.4) is 0 Å². The molecular formula is C22H24FN7O2. The summed E-state index contributed by atoms with van der Waals surface area (Å²) in [7, 11) is 3.56. The summed E-state index contributed by atoms with van der Waals surface area (Å²) >= 11 is 0. The van der Waals surface area contributed by atoms with Crippen molar-refractivity contribution >= 4 is 17.5 Å². The smallest absolute Gasteiger partial charge is 0.254 e. The second-order valence-corrected chi connectivity index (χ2v) is 8.17. The third-order valence-electron chi connectivity index (χ3n) is 6.18. The van der Waals surface area contributed by atoms with Crippen LogP contribution in [-0.4, -0.2) is 57.4 Å². The summed E-state index contributed by atoms with van der Waals surface area (Å²) in [5.74, 6) is 0.110. The van der Waals surface area contributed by atoms with Crippen molar-refractivity contribution in [2.24, 2.45) is 7.05 Å². The van der Waals surface area contributed by atoms with Gasteiger partial charge < -0.3 is 20.3 Å². The Balaban J connectivity index is 1.80. The molecule has 2 aromatic heterocycles. The maximum Gasteiger partial charge on any atom is 0.254 e. The van der Waals surface area contributed by atoms with Crippen molar-refractivity contribution in [3.8, 4) is 11.3 Å². The fraction of sp³-hybridized carbons (Fsp3) is 0.364. The first-order chi connectivity index (χ1) is 15.3. The molecule has 166 valence electrons. The van der Waals surface area contributed by atoms with Gasteiger partial charge in [0.25, 0.3) is 5.91 Å². The number of anilines is 2. The van der Waals surface area contributed by atoms with Crippen LogP contribution in [0.2, 0.25) is 0 Å². The number of ether oxygens (including phenoxy) is 1. The molecule has 1 amide bonds. The lowest BCUT2D eigenvalue weighted by molar-refractivity contribution is 0.0771. The Morgan fingerprint density at radius 2 is 2.09 bits per heavy atom. The van der Waals surface area contributed by atoms with Crippen molar-refractivity contribution in [3.63, 3.8) is 0 Å². The highest BCUT2D eigenvalue weighted by molar-refractivity contribution is 5.96. The lowest BCUT2D eigenvalue weighted by Gasteiger charge is -2.38. The summed E-state index contributed by atoms with van der Waals surface area (Å²) in [6.07, 6.45) is 1.63. The molecule has 2 bridgehead atoms. The maximum absolute atomic E-state index is 14.3. The number of amides is 1. The standard InChI is InChI=1S/C22H24FN7O2/c1-12-19-16-9-25-20(24)21(26-16)30-6-7-32-11-18(30)15-8-13(23)4-5-14(15)22(31)28(2)10-17(19)27-29(12)3/h4-5,8-9,18H,6-7,10-11H2,1-3H3,(H2,24,25)/t18-/m1/s1. The number of aryl methyl sites for hydroxylation is 1. The van der Waals surface area contributed by atoms with Crippen LogP contribution in [0.1, 0.15) is 33.4 Å². The first-order valence-electron chi connectivity index (χ1n) is 10.4. The quantitative estimate of drug-likeness (QED) is 0.574. The molecule has 2 N–H and O–H groups in total. The molecule has 3 aromatic rings. The Labute approximate surface area is 184 Å². The molecule has 1 aromatic carbocycles. The molecule has 0 radical (unpaired) electrons. The van der Waals surface area contributed by atoms with Gasteiger partial charge in [-0.15, -0.1) is 0 Å². The molecule has 0 spiro atoms. The molecule has 1 fully saturated rings. The molecular weight excluding hydrogens is 413 g/mol. The molecule has 1 atom stereocenters. The van der Waals surface area contributed by atoms with Gasteiger partial charge in [-0.2, -0.15) is 5.10 Å². The summed E-state index contributed by atoms with van der Waals surface area (Å²) in [6, 6.07) is 3.78. The number of nitrogens with two attached hydrogens (primary N) is 1. The fourth-order valence-corrected chi connectivity index (χ4v) is 4.46. The largest absolute Gasteiger partial charge is 0.381 e. The number of benzene rings is 1. The number of morpholine rings is 1. The lowest BCUT2D eigenvalue weighted by Crippen LogP contribution is -2.42. The number of carbonyl (C=O) groups excluding carboxylic acids is 1. The van der Waals surface area contributed by atoms with Gasteiger partial charge in [-0.25, -0.2) is 14.4 Å². The topological polar surface area (TPSA) is 102 Å². The number of carbonyl (C=O) groups is 1. The Morgan fingerprint density at radius 1 is 1.28 bits per heavy atom. The minimum absolute atomic E-state index is 0.219. The van der Waals surface area contributed by atoms with Gasteiger partial charge in [-0.3, -0.25) is 9.48 Å². The molecule has 1 saturated heterocycles. The molecule has 5 rings (SSSR count). The fourth-order valence-electron chi connectivity index (χ4n) is 4.46. The second kappa shape index (κ2) is 7.56. The van der Waals surface area contributed by atoms with Crippen LogP contribution in [-0.2, 0) is 18.3 Å². The zero-order valence-corrected chi connectivity index (χ0v) is 18.2. The molecule has 10 heteroatoms. The van der Waals surface area contributed by atoms with E-state index in [0.717, 1.165) is 11.3 Å². The zero-order valence-electron chi connectivity index (χ0n) is 18.2. The number of hydrogen-bond acceptors (Lipinski definition) is 7. The Hall–Kier alpha value is -3.53. The van der Waals surface area contributed by atoms with Gasteiger partial charge in [-0.05, 0) is 30.7 Å². The van der Waals surface area contributed by atoms with Crippen LogP contribution in [0.15, 0.2) is 24.4 Å². The van der Waals surface area contributed by atoms with Gasteiger partial charge in [0, 0.05) is 37.5 Å². The van der Waals surface area contributed by atoms with E-state index in [9.17, 15) is 9.18 Å². The van der Waals surface area contributed by atoms with E-state index in [0.29, 0.717) is 41.5 Å². The van der Waals surface area contributed by atoms with Gasteiger partial charge in [0.15, 0.2) is 11.6 Å². The molecule has 4 heterocycles. The average Bonchev–Trinajstić information content (AvgIpc) is 3.06. The van der Waals surface area contributed by atoms with Gasteiger partial charge in [0.1, 0.15) is 5.82 Å². The molecule has 32 heavy (non-hydrogen) atoms. The van der Waals surface area contributed by atoms with Crippen LogP contribution >= 0.6 is 0 Å². The number of fused-ring (bicyclic) bond motifs is 8. The van der Waals surface area contributed by atoms with Crippen molar-refractivity contribution in [2.45, 2.75) is 19.5 Å². The van der Waals surface area contributed by atoms with E-state index in [4.69, 9.17) is 15.5 Å². The number of hydrogen-bond donors (Lipinski definition) is 1. The first-order valence-corrected chi connectivity index (χ1v) is 10.4. The van der Waals surface area contributed by atoms with Gasteiger partial charge in [-0.1, -0.05) is 0 Å². The second-order valence-electron chi connectivity index (χ2n) is 8.17. The van der Waals surface area contributed by atoms with E-state index in [1.807, 2.05) is 18.9 Å². The third kappa shape index (κ3) is 3.18. The minimum Gasteiger partial charge on any atom is -0.381 e. The van der Waals surface area contributed by atoms with Crippen molar-refractivity contribution in [1.29, 1.82) is 0 Å². The highest BCUT2D eigenvalue weighted by Gasteiger charge is 2.33. The van der Waals surface area contributed by atoms with Gasteiger partial charge in [0.2, 0.25) is 0 Å². The summed E-state index contributed by atoms with van der Waals surface area (Å²) in [5.41, 5.74) is 10.3. The van der Waals surface area contributed by atoms with Gasteiger partial charge in [0.05, 0.1) is 43.4 Å². The SMILES string of the molecule is Cc1c2c(nn1C)CN(C)C(=O)c1ccc(F)cc1[C@H]1COCCN1c1nc-2cnc1N. The first kappa shape index (κ1) is 20.4. The average molecular weight is 437 g/mol. The van der Waals surface area contributed by atoms with Crippen LogP contribution in [0.5, 0.6) is 0 Å². The molecule has 0 aliphatic carbocycles. The number of nitrogens with zero attached hydrogens (tertiary/aromatic N) is 6. The monoisotopic (exact) mass is 437 g/mol. The summed E-state index contributed by atoms with van der Waals surface area (Å²) in [6.45, 7) is 3.42. The number of halogens is 1. The number of rotatable bonds is 0. The highest BCUT2D eigenvalue weighted by Crippen LogP contribution is 2.36. The molecule has 9 nitrogen and oxygen atoms in total. The Bertz CT molecular complexity index is 1230. The van der Waals surface area contributed by atoms with Crippen molar-refractivity contribution in [2.75, 3.05) is 37.4 Å². The minimum atomic E-state index is -0.437. The van der Waals surface area contributed by atoms with Crippen LogP contribution in [0.25, 0.3) is 11.3 Å².